The molecule has 1 heterocycles. The molecule has 0 aliphatic carbocycles. The molecule has 0 saturated carbocycles. The van der Waals surface area contributed by atoms with Crippen LogP contribution in [0.4, 0.5) is 5.69 Å². The smallest absolute Gasteiger partial charge is 0.325 e. The second kappa shape index (κ2) is 4.12. The number of fused-ring (bicyclic) bond motifs is 1. The molecule has 1 aromatic carbocycles. The van der Waals surface area contributed by atoms with E-state index in [0.717, 1.165) is 23.2 Å². The number of carbonyl (C=O) groups is 2. The van der Waals surface area contributed by atoms with Crippen LogP contribution in [-0.4, -0.2) is 26.0 Å². The number of rotatable bonds is 2. The van der Waals surface area contributed by atoms with Gasteiger partial charge < -0.3 is 9.64 Å². The van der Waals surface area contributed by atoms with Gasteiger partial charge in [0, 0.05) is 18.3 Å². The number of nitrogens with zero attached hydrogens (tertiary/aromatic N) is 1. The number of likely N-dealkylation sites (N-methyl/N-ethyl adjacent to an activating group) is 1. The van der Waals surface area contributed by atoms with Crippen molar-refractivity contribution in [3.63, 3.8) is 0 Å². The lowest BCUT2D eigenvalue weighted by Gasteiger charge is -2.20. The van der Waals surface area contributed by atoms with Gasteiger partial charge in [0.1, 0.15) is 0 Å². The molecule has 0 saturated heterocycles. The van der Waals surface area contributed by atoms with Crippen LogP contribution in [0.1, 0.15) is 25.0 Å². The van der Waals surface area contributed by atoms with E-state index in [-0.39, 0.29) is 5.91 Å². The second-order valence-electron chi connectivity index (χ2n) is 4.69. The van der Waals surface area contributed by atoms with Crippen molar-refractivity contribution >= 4 is 17.6 Å². The van der Waals surface area contributed by atoms with Crippen molar-refractivity contribution in [2.75, 3.05) is 19.1 Å². The van der Waals surface area contributed by atoms with Crippen molar-refractivity contribution in [3.05, 3.63) is 29.3 Å². The Morgan fingerprint density at radius 2 is 2.11 bits per heavy atom. The van der Waals surface area contributed by atoms with Gasteiger partial charge in [-0.3, -0.25) is 9.59 Å². The maximum atomic E-state index is 12.3. The molecule has 1 amide bonds. The van der Waals surface area contributed by atoms with E-state index in [9.17, 15) is 9.59 Å². The average Bonchev–Trinajstić information content (AvgIpc) is 2.60. The highest BCUT2D eigenvalue weighted by Gasteiger charge is 2.52. The third kappa shape index (κ3) is 1.45. The van der Waals surface area contributed by atoms with E-state index in [1.165, 1.54) is 12.0 Å². The minimum atomic E-state index is -1.22. The number of anilines is 1. The molecule has 1 aliphatic rings. The standard InChI is InChI=1S/C14H17NO3/c1-5-9-6-7-11-10(8-9)14(2,13(17)18-4)12(16)15(11)3/h6-8H,5H2,1-4H3/t14-/m1/s1. The van der Waals surface area contributed by atoms with Crippen molar-refractivity contribution in [2.24, 2.45) is 0 Å². The van der Waals surface area contributed by atoms with Crippen molar-refractivity contribution in [1.82, 2.24) is 0 Å². The molecule has 1 aliphatic heterocycles. The van der Waals surface area contributed by atoms with Crippen molar-refractivity contribution in [1.29, 1.82) is 0 Å². The number of methoxy groups -OCH3 is 1. The van der Waals surface area contributed by atoms with E-state index in [0.29, 0.717) is 0 Å². The maximum Gasteiger partial charge on any atom is 0.325 e. The van der Waals surface area contributed by atoms with E-state index in [2.05, 4.69) is 0 Å². The SMILES string of the molecule is CCc1ccc2c(c1)[C@@](C)(C(=O)OC)C(=O)N2C. The van der Waals surface area contributed by atoms with Gasteiger partial charge in [-0.2, -0.15) is 0 Å². The fourth-order valence-electron chi connectivity index (χ4n) is 2.46. The highest BCUT2D eigenvalue weighted by Crippen LogP contribution is 2.42. The number of ether oxygens (including phenoxy) is 1. The Labute approximate surface area is 107 Å². The molecule has 0 unspecified atom stereocenters. The summed E-state index contributed by atoms with van der Waals surface area (Å²) in [5, 5.41) is 0. The van der Waals surface area contributed by atoms with Crippen LogP contribution < -0.4 is 4.90 Å². The molecular weight excluding hydrogens is 230 g/mol. The predicted molar refractivity (Wildman–Crippen MR) is 68.6 cm³/mol. The van der Waals surface area contributed by atoms with E-state index in [4.69, 9.17) is 4.74 Å². The van der Waals surface area contributed by atoms with Crippen molar-refractivity contribution in [2.45, 2.75) is 25.7 Å². The quantitative estimate of drug-likeness (QED) is 0.590. The Morgan fingerprint density at radius 3 is 2.67 bits per heavy atom. The Balaban J connectivity index is 2.66. The second-order valence-corrected chi connectivity index (χ2v) is 4.69. The first-order valence-corrected chi connectivity index (χ1v) is 5.96. The zero-order valence-electron chi connectivity index (χ0n) is 11.1. The minimum absolute atomic E-state index is 0.238. The van der Waals surface area contributed by atoms with Gasteiger partial charge in [-0.25, -0.2) is 0 Å². The van der Waals surface area contributed by atoms with Crippen LogP contribution in [0.3, 0.4) is 0 Å². The maximum absolute atomic E-state index is 12.3. The first-order valence-electron chi connectivity index (χ1n) is 5.96. The summed E-state index contributed by atoms with van der Waals surface area (Å²) in [7, 11) is 2.99. The average molecular weight is 247 g/mol. The molecule has 0 radical (unpaired) electrons. The van der Waals surface area contributed by atoms with E-state index in [1.807, 2.05) is 25.1 Å². The van der Waals surface area contributed by atoms with Crippen LogP contribution in [0.5, 0.6) is 0 Å². The molecule has 1 aromatic rings. The first-order chi connectivity index (χ1) is 8.46. The summed E-state index contributed by atoms with van der Waals surface area (Å²) in [6.07, 6.45) is 0.864. The zero-order chi connectivity index (χ0) is 13.5. The molecule has 96 valence electrons. The molecule has 0 N–H and O–H groups in total. The summed E-state index contributed by atoms with van der Waals surface area (Å²) in [5.74, 6) is -0.746. The van der Waals surface area contributed by atoms with Gasteiger partial charge in [-0.1, -0.05) is 19.1 Å². The Kier molecular flexibility index (Phi) is 2.89. The number of hydrogen-bond acceptors (Lipinski definition) is 3. The molecule has 0 bridgehead atoms. The molecule has 2 rings (SSSR count). The first kappa shape index (κ1) is 12.6. The van der Waals surface area contributed by atoms with Crippen LogP contribution in [0.2, 0.25) is 0 Å². The number of esters is 1. The van der Waals surface area contributed by atoms with Crippen molar-refractivity contribution in [3.8, 4) is 0 Å². The van der Waals surface area contributed by atoms with Gasteiger partial charge in [0.25, 0.3) is 0 Å². The summed E-state index contributed by atoms with van der Waals surface area (Å²) in [5.41, 5.74) is 1.41. The summed E-state index contributed by atoms with van der Waals surface area (Å²) in [6, 6.07) is 5.79. The van der Waals surface area contributed by atoms with Crippen LogP contribution >= 0.6 is 0 Å². The Morgan fingerprint density at radius 1 is 1.44 bits per heavy atom. The van der Waals surface area contributed by atoms with Gasteiger partial charge in [0.15, 0.2) is 5.41 Å². The van der Waals surface area contributed by atoms with E-state index < -0.39 is 11.4 Å². The molecule has 0 aromatic heterocycles. The number of carbonyl (C=O) groups excluding carboxylic acids is 2. The third-order valence-corrected chi connectivity index (χ3v) is 3.70. The lowest BCUT2D eigenvalue weighted by atomic mass is 9.83. The zero-order valence-corrected chi connectivity index (χ0v) is 11.1. The number of hydrogen-bond donors (Lipinski definition) is 0. The normalized spacial score (nSPS) is 22.0. The minimum Gasteiger partial charge on any atom is -0.468 e. The largest absolute Gasteiger partial charge is 0.468 e. The molecule has 0 spiro atoms. The topological polar surface area (TPSA) is 46.6 Å². The lowest BCUT2D eigenvalue weighted by Crippen LogP contribution is -2.43. The van der Waals surface area contributed by atoms with Gasteiger partial charge in [0.05, 0.1) is 7.11 Å². The summed E-state index contributed by atoms with van der Waals surface area (Å²) in [6.45, 7) is 3.67. The third-order valence-electron chi connectivity index (χ3n) is 3.70. The predicted octanol–water partition coefficient (Wildman–Crippen LogP) is 1.66. The monoisotopic (exact) mass is 247 g/mol. The van der Waals surface area contributed by atoms with Gasteiger partial charge in [-0.05, 0) is 25.0 Å². The van der Waals surface area contributed by atoms with E-state index >= 15 is 0 Å². The highest BCUT2D eigenvalue weighted by molar-refractivity contribution is 6.19. The summed E-state index contributed by atoms with van der Waals surface area (Å²) in [4.78, 5) is 25.8. The van der Waals surface area contributed by atoms with Crippen molar-refractivity contribution < 1.29 is 14.3 Å². The molecule has 4 heteroatoms. The lowest BCUT2D eigenvalue weighted by molar-refractivity contribution is -0.150. The van der Waals surface area contributed by atoms with Gasteiger partial charge in [0.2, 0.25) is 5.91 Å². The molecule has 1 atom stereocenters. The Bertz CT molecular complexity index is 524. The fourth-order valence-corrected chi connectivity index (χ4v) is 2.46. The summed E-state index contributed by atoms with van der Waals surface area (Å²) < 4.78 is 4.80. The van der Waals surface area contributed by atoms with E-state index in [1.54, 1.807) is 14.0 Å². The van der Waals surface area contributed by atoms with Crippen LogP contribution in [0, 0.1) is 0 Å². The van der Waals surface area contributed by atoms with Crippen LogP contribution in [0.25, 0.3) is 0 Å². The van der Waals surface area contributed by atoms with Gasteiger partial charge in [-0.15, -0.1) is 0 Å². The highest BCUT2D eigenvalue weighted by atomic mass is 16.5. The molecule has 0 fully saturated rings. The molecule has 18 heavy (non-hydrogen) atoms. The number of aryl methyl sites for hydroxylation is 1. The van der Waals surface area contributed by atoms with Gasteiger partial charge >= 0.3 is 5.97 Å². The molecular formula is C14H17NO3. The Hall–Kier alpha value is -1.84. The van der Waals surface area contributed by atoms with Crippen LogP contribution in [-0.2, 0) is 26.2 Å². The fraction of sp³-hybridized carbons (Fsp3) is 0.429. The number of benzene rings is 1. The number of amides is 1. The van der Waals surface area contributed by atoms with Crippen LogP contribution in [0.15, 0.2) is 18.2 Å². The summed E-state index contributed by atoms with van der Waals surface area (Å²) >= 11 is 0. The molecule has 4 nitrogen and oxygen atoms in total.